The lowest BCUT2D eigenvalue weighted by molar-refractivity contribution is 0.0695. The van der Waals surface area contributed by atoms with Crippen LogP contribution >= 0.6 is 31.9 Å². The molecule has 0 atom stereocenters. The molecule has 2 rings (SSSR count). The Morgan fingerprint density at radius 3 is 2.48 bits per heavy atom. The summed E-state index contributed by atoms with van der Waals surface area (Å²) in [5.74, 6) is -1.22. The monoisotopic (exact) mass is 434 g/mol. The first-order chi connectivity index (χ1) is 9.79. The average Bonchev–Trinajstić information content (AvgIpc) is 2.41. The van der Waals surface area contributed by atoms with Crippen LogP contribution in [0.3, 0.4) is 0 Å². The number of benzene rings is 1. The summed E-state index contributed by atoms with van der Waals surface area (Å²) in [5.41, 5.74) is 0.143. The molecule has 0 bridgehead atoms. The summed E-state index contributed by atoms with van der Waals surface area (Å²) in [6.07, 6.45) is 1.35. The van der Waals surface area contributed by atoms with Crippen molar-refractivity contribution in [1.29, 1.82) is 0 Å². The van der Waals surface area contributed by atoms with E-state index in [0.717, 1.165) is 6.07 Å². The van der Waals surface area contributed by atoms with E-state index in [0.29, 0.717) is 9.08 Å². The Labute approximate surface area is 137 Å². The molecule has 0 radical (unpaired) electrons. The Morgan fingerprint density at radius 1 is 1.19 bits per heavy atom. The molecule has 0 unspecified atom stereocenters. The van der Waals surface area contributed by atoms with Crippen molar-refractivity contribution in [2.75, 3.05) is 4.72 Å². The number of rotatable bonds is 4. The number of sulfonamides is 1. The zero-order valence-corrected chi connectivity index (χ0v) is 14.2. The summed E-state index contributed by atoms with van der Waals surface area (Å²) in [7, 11) is -3.89. The van der Waals surface area contributed by atoms with Crippen molar-refractivity contribution < 1.29 is 18.3 Å². The van der Waals surface area contributed by atoms with E-state index in [1.165, 1.54) is 24.4 Å². The molecule has 1 aromatic carbocycles. The Balaban J connectivity index is 2.38. The number of pyridine rings is 1. The van der Waals surface area contributed by atoms with Crippen LogP contribution in [0.2, 0.25) is 0 Å². The molecule has 1 aromatic heterocycles. The summed E-state index contributed by atoms with van der Waals surface area (Å²) >= 11 is 6.21. The van der Waals surface area contributed by atoms with Gasteiger partial charge in [-0.25, -0.2) is 18.2 Å². The van der Waals surface area contributed by atoms with Crippen LogP contribution in [0.5, 0.6) is 0 Å². The van der Waals surface area contributed by atoms with Crippen molar-refractivity contribution in [2.45, 2.75) is 4.90 Å². The van der Waals surface area contributed by atoms with Gasteiger partial charge in [-0.1, -0.05) is 0 Å². The van der Waals surface area contributed by atoms with E-state index < -0.39 is 16.0 Å². The molecule has 0 saturated heterocycles. The topological polar surface area (TPSA) is 96.4 Å². The van der Waals surface area contributed by atoms with Crippen molar-refractivity contribution in [3.05, 3.63) is 51.2 Å². The van der Waals surface area contributed by atoms with Gasteiger partial charge in [0.2, 0.25) is 0 Å². The minimum absolute atomic E-state index is 0.133. The highest BCUT2D eigenvalue weighted by atomic mass is 79.9. The highest BCUT2D eigenvalue weighted by Gasteiger charge is 2.18. The number of hydrogen-bond acceptors (Lipinski definition) is 4. The molecule has 2 N–H and O–H groups in total. The molecule has 1 heterocycles. The van der Waals surface area contributed by atoms with Crippen LogP contribution in [0, 0.1) is 0 Å². The summed E-state index contributed by atoms with van der Waals surface area (Å²) in [6.45, 7) is 0. The molecule has 0 amide bonds. The normalized spacial score (nSPS) is 11.1. The van der Waals surface area contributed by atoms with Crippen molar-refractivity contribution in [2.24, 2.45) is 0 Å². The van der Waals surface area contributed by atoms with E-state index in [1.807, 2.05) is 0 Å². The largest absolute Gasteiger partial charge is 0.478 e. The van der Waals surface area contributed by atoms with Crippen molar-refractivity contribution >= 4 is 53.5 Å². The molecular formula is C12H8Br2N2O4S. The fourth-order valence-electron chi connectivity index (χ4n) is 1.49. The molecule has 21 heavy (non-hydrogen) atoms. The summed E-state index contributed by atoms with van der Waals surface area (Å²) in [6, 6.07) is 6.89. The second-order valence-electron chi connectivity index (χ2n) is 3.92. The van der Waals surface area contributed by atoms with Gasteiger partial charge in [-0.15, -0.1) is 0 Å². The third-order valence-corrected chi connectivity index (χ3v) is 5.00. The van der Waals surface area contributed by atoms with Crippen LogP contribution in [0.1, 0.15) is 10.4 Å². The summed E-state index contributed by atoms with van der Waals surface area (Å²) < 4.78 is 27.6. The predicted octanol–water partition coefficient (Wildman–Crippen LogP) is 3.11. The van der Waals surface area contributed by atoms with Gasteiger partial charge in [-0.3, -0.25) is 4.72 Å². The second kappa shape index (κ2) is 6.12. The Morgan fingerprint density at radius 2 is 1.90 bits per heavy atom. The van der Waals surface area contributed by atoms with Gasteiger partial charge in [-0.2, -0.15) is 0 Å². The number of aromatic carboxylic acids is 1. The molecule has 110 valence electrons. The molecule has 0 aliphatic carbocycles. The van der Waals surface area contributed by atoms with Crippen molar-refractivity contribution in [3.63, 3.8) is 0 Å². The molecule has 9 heteroatoms. The first-order valence-electron chi connectivity index (χ1n) is 5.47. The standard InChI is InChI=1S/C12H8Br2N2O4S/c13-10-3-2-8(5-9(10)12(17)18)21(19,20)16-7-1-4-11(14)15-6-7/h1-6,16H,(H,17,18). The van der Waals surface area contributed by atoms with Crippen LogP contribution in [0.25, 0.3) is 0 Å². The third kappa shape index (κ3) is 3.80. The predicted molar refractivity (Wildman–Crippen MR) is 83.8 cm³/mol. The number of nitrogens with zero attached hydrogens (tertiary/aromatic N) is 1. The van der Waals surface area contributed by atoms with Crippen LogP contribution in [0.15, 0.2) is 50.5 Å². The minimum Gasteiger partial charge on any atom is -0.478 e. The molecule has 6 nitrogen and oxygen atoms in total. The Hall–Kier alpha value is -1.45. The lowest BCUT2D eigenvalue weighted by atomic mass is 10.2. The number of aromatic nitrogens is 1. The molecular weight excluding hydrogens is 428 g/mol. The Bertz CT molecular complexity index is 791. The van der Waals surface area contributed by atoms with Gasteiger partial charge in [0.25, 0.3) is 10.0 Å². The maximum absolute atomic E-state index is 12.2. The molecule has 0 spiro atoms. The number of carboxylic acids is 1. The summed E-state index contributed by atoms with van der Waals surface area (Å²) in [5, 5.41) is 9.02. The molecule has 0 saturated carbocycles. The number of nitrogens with one attached hydrogen (secondary N) is 1. The summed E-state index contributed by atoms with van der Waals surface area (Å²) in [4.78, 5) is 14.8. The Kier molecular flexibility index (Phi) is 4.64. The van der Waals surface area contributed by atoms with E-state index in [-0.39, 0.29) is 16.1 Å². The highest BCUT2D eigenvalue weighted by Crippen LogP contribution is 2.23. The number of carboxylic acid groups (broad SMARTS) is 1. The van der Waals surface area contributed by atoms with E-state index >= 15 is 0 Å². The van der Waals surface area contributed by atoms with Gasteiger partial charge in [0.1, 0.15) is 4.60 Å². The first-order valence-corrected chi connectivity index (χ1v) is 8.54. The maximum Gasteiger partial charge on any atom is 0.336 e. The van der Waals surface area contributed by atoms with Gasteiger partial charge in [0.15, 0.2) is 0 Å². The molecule has 0 aliphatic rings. The van der Waals surface area contributed by atoms with Crippen LogP contribution in [-0.4, -0.2) is 24.5 Å². The van der Waals surface area contributed by atoms with E-state index in [1.54, 1.807) is 6.07 Å². The number of carbonyl (C=O) groups is 1. The van der Waals surface area contributed by atoms with Gasteiger partial charge in [0, 0.05) is 4.47 Å². The van der Waals surface area contributed by atoms with Gasteiger partial charge < -0.3 is 5.11 Å². The minimum atomic E-state index is -3.89. The van der Waals surface area contributed by atoms with E-state index in [9.17, 15) is 13.2 Å². The fourth-order valence-corrected chi connectivity index (χ4v) is 3.21. The number of hydrogen-bond donors (Lipinski definition) is 2. The SMILES string of the molecule is O=C(O)c1cc(S(=O)(=O)Nc2ccc(Br)nc2)ccc1Br. The lowest BCUT2D eigenvalue weighted by Gasteiger charge is -2.09. The van der Waals surface area contributed by atoms with E-state index in [4.69, 9.17) is 5.11 Å². The smallest absolute Gasteiger partial charge is 0.336 e. The van der Waals surface area contributed by atoms with Gasteiger partial charge >= 0.3 is 5.97 Å². The second-order valence-corrected chi connectivity index (χ2v) is 7.27. The number of halogens is 2. The van der Waals surface area contributed by atoms with Crippen LogP contribution < -0.4 is 4.72 Å². The lowest BCUT2D eigenvalue weighted by Crippen LogP contribution is -2.14. The van der Waals surface area contributed by atoms with Crippen LogP contribution in [0.4, 0.5) is 5.69 Å². The fraction of sp³-hybridized carbons (Fsp3) is 0. The van der Waals surface area contributed by atoms with Gasteiger partial charge in [0.05, 0.1) is 22.3 Å². The van der Waals surface area contributed by atoms with Crippen LogP contribution in [-0.2, 0) is 10.0 Å². The quantitative estimate of drug-likeness (QED) is 0.719. The number of anilines is 1. The highest BCUT2D eigenvalue weighted by molar-refractivity contribution is 9.10. The molecule has 2 aromatic rings. The average molecular weight is 436 g/mol. The zero-order valence-electron chi connectivity index (χ0n) is 10.2. The molecule has 0 aliphatic heterocycles. The third-order valence-electron chi connectivity index (χ3n) is 2.46. The first kappa shape index (κ1) is 15.9. The maximum atomic E-state index is 12.2. The molecule has 0 fully saturated rings. The zero-order chi connectivity index (χ0) is 15.6. The van der Waals surface area contributed by atoms with E-state index in [2.05, 4.69) is 41.6 Å². The van der Waals surface area contributed by atoms with Crippen molar-refractivity contribution in [3.8, 4) is 0 Å². The van der Waals surface area contributed by atoms with Gasteiger partial charge in [-0.05, 0) is 62.2 Å². The van der Waals surface area contributed by atoms with Crippen molar-refractivity contribution in [1.82, 2.24) is 4.98 Å².